The highest BCUT2D eigenvalue weighted by atomic mass is 32.2. The number of hydrogen-bond acceptors (Lipinski definition) is 4. The Bertz CT molecular complexity index is 622. The summed E-state index contributed by atoms with van der Waals surface area (Å²) in [6.07, 6.45) is 5.68. The van der Waals surface area contributed by atoms with E-state index in [4.69, 9.17) is 0 Å². The van der Waals surface area contributed by atoms with Crippen LogP contribution in [0.1, 0.15) is 37.7 Å². The first-order valence-electron chi connectivity index (χ1n) is 7.15. The fraction of sp³-hybridized carbons (Fsp3) is 0.571. The van der Waals surface area contributed by atoms with Crippen LogP contribution in [0, 0.1) is 23.0 Å². The van der Waals surface area contributed by atoms with Crippen molar-refractivity contribution in [1.82, 2.24) is 4.72 Å². The van der Waals surface area contributed by atoms with Crippen molar-refractivity contribution in [1.29, 1.82) is 0 Å². The summed E-state index contributed by atoms with van der Waals surface area (Å²) >= 11 is 0. The van der Waals surface area contributed by atoms with Crippen LogP contribution in [-0.4, -0.2) is 19.9 Å². The fourth-order valence-corrected chi connectivity index (χ4v) is 3.91. The van der Waals surface area contributed by atoms with Gasteiger partial charge in [-0.2, -0.15) is 0 Å². The minimum absolute atomic E-state index is 0.0695. The van der Waals surface area contributed by atoms with E-state index in [9.17, 15) is 18.5 Å². The molecule has 0 saturated heterocycles. The maximum atomic E-state index is 12.2. The monoisotopic (exact) mass is 312 g/mol. The fourth-order valence-electron chi connectivity index (χ4n) is 2.78. The average molecular weight is 312 g/mol. The first-order chi connectivity index (χ1) is 9.90. The smallest absolute Gasteiger partial charge is 0.258 e. The molecule has 0 spiro atoms. The number of aryl methyl sites for hydroxylation is 1. The average Bonchev–Trinajstić information content (AvgIpc) is 2.91. The molecule has 1 aliphatic carbocycles. The van der Waals surface area contributed by atoms with Crippen molar-refractivity contribution < 1.29 is 13.3 Å². The molecule has 1 fully saturated rings. The third-order valence-electron chi connectivity index (χ3n) is 3.99. The topological polar surface area (TPSA) is 89.3 Å². The zero-order chi connectivity index (χ0) is 15.5. The molecule has 21 heavy (non-hydrogen) atoms. The van der Waals surface area contributed by atoms with E-state index in [1.807, 2.05) is 0 Å². The lowest BCUT2D eigenvalue weighted by Gasteiger charge is -2.11. The largest absolute Gasteiger partial charge is 0.272 e. The van der Waals surface area contributed by atoms with E-state index >= 15 is 0 Å². The maximum Gasteiger partial charge on any atom is 0.272 e. The van der Waals surface area contributed by atoms with Gasteiger partial charge in [-0.3, -0.25) is 10.1 Å². The highest BCUT2D eigenvalue weighted by molar-refractivity contribution is 7.89. The first-order valence-corrected chi connectivity index (χ1v) is 8.63. The minimum atomic E-state index is -3.59. The van der Waals surface area contributed by atoms with Gasteiger partial charge in [0.15, 0.2) is 0 Å². The van der Waals surface area contributed by atoms with Gasteiger partial charge in [-0.15, -0.1) is 0 Å². The zero-order valence-electron chi connectivity index (χ0n) is 12.0. The Balaban J connectivity index is 2.01. The molecule has 6 nitrogen and oxygen atoms in total. The third-order valence-corrected chi connectivity index (χ3v) is 5.45. The predicted molar refractivity (Wildman–Crippen MR) is 79.6 cm³/mol. The van der Waals surface area contributed by atoms with Gasteiger partial charge in [0, 0.05) is 18.2 Å². The number of nitrogens with zero attached hydrogens (tertiary/aromatic N) is 1. The summed E-state index contributed by atoms with van der Waals surface area (Å²) in [5, 5.41) is 10.7. The van der Waals surface area contributed by atoms with Crippen molar-refractivity contribution in [2.75, 3.05) is 6.54 Å². The summed E-state index contributed by atoms with van der Waals surface area (Å²) in [7, 11) is -3.59. The molecular formula is C14H20N2O4S. The molecule has 116 valence electrons. The molecule has 0 aliphatic heterocycles. The number of nitrogens with one attached hydrogen (secondary N) is 1. The van der Waals surface area contributed by atoms with Crippen molar-refractivity contribution in [2.45, 2.75) is 43.9 Å². The number of sulfonamides is 1. The quantitative estimate of drug-likeness (QED) is 0.646. The highest BCUT2D eigenvalue weighted by Crippen LogP contribution is 2.27. The minimum Gasteiger partial charge on any atom is -0.258 e. The Kier molecular flexibility index (Phi) is 4.95. The van der Waals surface area contributed by atoms with Crippen LogP contribution in [0.3, 0.4) is 0 Å². The van der Waals surface area contributed by atoms with Crippen LogP contribution in [0.5, 0.6) is 0 Å². The molecule has 1 aliphatic rings. The summed E-state index contributed by atoms with van der Waals surface area (Å²) < 4.78 is 26.9. The van der Waals surface area contributed by atoms with Crippen molar-refractivity contribution in [3.8, 4) is 0 Å². The van der Waals surface area contributed by atoms with Crippen LogP contribution in [0.25, 0.3) is 0 Å². The van der Waals surface area contributed by atoms with E-state index in [1.165, 1.54) is 50.8 Å². The summed E-state index contributed by atoms with van der Waals surface area (Å²) in [6, 6.07) is 3.86. The Morgan fingerprint density at radius 2 is 2.00 bits per heavy atom. The first kappa shape index (κ1) is 15.9. The Labute approximate surface area is 124 Å². The van der Waals surface area contributed by atoms with Crippen LogP contribution in [0.2, 0.25) is 0 Å². The van der Waals surface area contributed by atoms with Crippen LogP contribution in [-0.2, 0) is 10.0 Å². The van der Waals surface area contributed by atoms with Gasteiger partial charge in [-0.1, -0.05) is 25.7 Å². The summed E-state index contributed by atoms with van der Waals surface area (Å²) in [6.45, 7) is 1.96. The van der Waals surface area contributed by atoms with Gasteiger partial charge < -0.3 is 0 Å². The van der Waals surface area contributed by atoms with Gasteiger partial charge >= 0.3 is 0 Å². The lowest BCUT2D eigenvalue weighted by Crippen LogP contribution is -2.26. The van der Waals surface area contributed by atoms with Gasteiger partial charge in [0.05, 0.1) is 9.82 Å². The number of nitro benzene ring substituents is 1. The van der Waals surface area contributed by atoms with Crippen molar-refractivity contribution in [3.63, 3.8) is 0 Å². The standard InChI is InChI=1S/C14H20N2O4S/c1-11-10-13(6-7-14(11)16(17)18)21(19,20)15-9-8-12-4-2-3-5-12/h6-7,10,12,15H,2-5,8-9H2,1H3. The van der Waals surface area contributed by atoms with E-state index in [2.05, 4.69) is 4.72 Å². The highest BCUT2D eigenvalue weighted by Gasteiger charge is 2.20. The summed E-state index contributed by atoms with van der Waals surface area (Å²) in [4.78, 5) is 10.3. The molecule has 0 amide bonds. The maximum absolute atomic E-state index is 12.2. The van der Waals surface area contributed by atoms with Crippen LogP contribution >= 0.6 is 0 Å². The van der Waals surface area contributed by atoms with Crippen molar-refractivity contribution in [2.24, 2.45) is 5.92 Å². The lowest BCUT2D eigenvalue weighted by molar-refractivity contribution is -0.385. The van der Waals surface area contributed by atoms with E-state index in [-0.39, 0.29) is 10.6 Å². The number of hydrogen-bond donors (Lipinski definition) is 1. The molecule has 0 unspecified atom stereocenters. The van der Waals surface area contributed by atoms with Crippen LogP contribution < -0.4 is 4.72 Å². The number of benzene rings is 1. The Morgan fingerprint density at radius 3 is 2.57 bits per heavy atom. The molecular weight excluding hydrogens is 292 g/mol. The molecule has 0 atom stereocenters. The van der Waals surface area contributed by atoms with Gasteiger partial charge in [-0.05, 0) is 31.4 Å². The lowest BCUT2D eigenvalue weighted by atomic mass is 10.1. The van der Waals surface area contributed by atoms with Gasteiger partial charge in [0.2, 0.25) is 10.0 Å². The van der Waals surface area contributed by atoms with Gasteiger partial charge in [0.1, 0.15) is 0 Å². The summed E-state index contributed by atoms with van der Waals surface area (Å²) in [5.74, 6) is 0.617. The predicted octanol–water partition coefficient (Wildman–Crippen LogP) is 2.76. The summed E-state index contributed by atoms with van der Waals surface area (Å²) in [5.41, 5.74) is 0.276. The van der Waals surface area contributed by atoms with E-state index < -0.39 is 14.9 Å². The second kappa shape index (κ2) is 6.53. The molecule has 1 aromatic carbocycles. The third kappa shape index (κ3) is 4.01. The SMILES string of the molecule is Cc1cc(S(=O)(=O)NCCC2CCCC2)ccc1[N+](=O)[O-]. The Morgan fingerprint density at radius 1 is 1.33 bits per heavy atom. The second-order valence-electron chi connectivity index (χ2n) is 5.54. The molecule has 0 heterocycles. The molecule has 1 N–H and O–H groups in total. The number of nitro groups is 1. The van der Waals surface area contributed by atoms with Crippen LogP contribution in [0.4, 0.5) is 5.69 Å². The molecule has 0 aromatic heterocycles. The molecule has 0 bridgehead atoms. The normalized spacial score (nSPS) is 16.2. The van der Waals surface area contributed by atoms with Crippen molar-refractivity contribution in [3.05, 3.63) is 33.9 Å². The zero-order valence-corrected chi connectivity index (χ0v) is 12.9. The molecule has 7 heteroatoms. The van der Waals surface area contributed by atoms with Gasteiger partial charge in [-0.25, -0.2) is 13.1 Å². The molecule has 0 radical (unpaired) electrons. The Hall–Kier alpha value is -1.47. The van der Waals surface area contributed by atoms with Crippen molar-refractivity contribution >= 4 is 15.7 Å². The molecule has 1 saturated carbocycles. The second-order valence-corrected chi connectivity index (χ2v) is 7.31. The molecule has 1 aromatic rings. The van der Waals surface area contributed by atoms with Gasteiger partial charge in [0.25, 0.3) is 5.69 Å². The van der Waals surface area contributed by atoms with E-state index in [0.29, 0.717) is 18.0 Å². The molecule has 2 rings (SSSR count). The van der Waals surface area contributed by atoms with Crippen LogP contribution in [0.15, 0.2) is 23.1 Å². The van der Waals surface area contributed by atoms with E-state index in [0.717, 1.165) is 6.42 Å². The number of rotatable bonds is 6. The van der Waals surface area contributed by atoms with E-state index in [1.54, 1.807) is 0 Å².